The Bertz CT molecular complexity index is 1180. The lowest BCUT2D eigenvalue weighted by Gasteiger charge is -2.28. The highest BCUT2D eigenvalue weighted by atomic mass is 32.2. The summed E-state index contributed by atoms with van der Waals surface area (Å²) in [4.78, 5) is 41.4. The van der Waals surface area contributed by atoms with Crippen molar-refractivity contribution >= 4 is 46.3 Å². The SMILES string of the molecule is COc1cc(/C=C2\SC(=O)N(CC(=O)Nc3ccc(N4CCOCC4)cc3)C2=O)ccc1OCC(C)C. The Balaban J connectivity index is 1.37. The van der Waals surface area contributed by atoms with Crippen LogP contribution in [-0.2, 0) is 14.3 Å². The summed E-state index contributed by atoms with van der Waals surface area (Å²) < 4.78 is 16.6. The highest BCUT2D eigenvalue weighted by Crippen LogP contribution is 2.34. The number of rotatable bonds is 9. The molecule has 2 fully saturated rings. The first-order valence-corrected chi connectivity index (χ1v) is 12.9. The second kappa shape index (κ2) is 12.2. The maximum Gasteiger partial charge on any atom is 0.294 e. The van der Waals surface area contributed by atoms with Gasteiger partial charge in [-0.05, 0) is 65.7 Å². The van der Waals surface area contributed by atoms with E-state index < -0.39 is 17.1 Å². The summed E-state index contributed by atoms with van der Waals surface area (Å²) in [6.45, 7) is 7.32. The Morgan fingerprint density at radius 2 is 1.84 bits per heavy atom. The van der Waals surface area contributed by atoms with Crippen LogP contribution in [0.1, 0.15) is 19.4 Å². The predicted molar refractivity (Wildman–Crippen MR) is 144 cm³/mol. The second-order valence-corrected chi connectivity index (χ2v) is 10.1. The predicted octanol–water partition coefficient (Wildman–Crippen LogP) is 4.24. The molecule has 2 aromatic carbocycles. The van der Waals surface area contributed by atoms with E-state index in [-0.39, 0.29) is 11.4 Å². The Hall–Kier alpha value is -3.50. The number of carbonyl (C=O) groups is 3. The third-order valence-electron chi connectivity index (χ3n) is 5.76. The summed E-state index contributed by atoms with van der Waals surface area (Å²) >= 11 is 0.805. The molecule has 0 aromatic heterocycles. The van der Waals surface area contributed by atoms with Gasteiger partial charge in [0.05, 0.1) is 31.8 Å². The first kappa shape index (κ1) is 26.6. The van der Waals surface area contributed by atoms with Crippen molar-refractivity contribution in [2.24, 2.45) is 5.92 Å². The molecule has 2 aliphatic rings. The van der Waals surface area contributed by atoms with E-state index in [2.05, 4.69) is 24.1 Å². The molecule has 4 rings (SSSR count). The van der Waals surface area contributed by atoms with E-state index in [0.717, 1.165) is 35.4 Å². The van der Waals surface area contributed by atoms with Crippen LogP contribution in [0.2, 0.25) is 0 Å². The molecule has 0 atom stereocenters. The van der Waals surface area contributed by atoms with Crippen molar-refractivity contribution in [3.8, 4) is 11.5 Å². The van der Waals surface area contributed by atoms with Crippen molar-refractivity contribution in [3.63, 3.8) is 0 Å². The molecule has 1 N–H and O–H groups in total. The maximum atomic E-state index is 12.9. The molecule has 0 unspecified atom stereocenters. The molecule has 3 amide bonds. The molecule has 2 aliphatic heterocycles. The van der Waals surface area contributed by atoms with Crippen LogP contribution in [0.3, 0.4) is 0 Å². The molecule has 2 aromatic rings. The fraction of sp³-hybridized carbons (Fsp3) is 0.370. The minimum atomic E-state index is -0.507. The number of hydrogen-bond acceptors (Lipinski definition) is 8. The minimum absolute atomic E-state index is 0.241. The van der Waals surface area contributed by atoms with Crippen molar-refractivity contribution in [1.82, 2.24) is 4.90 Å². The van der Waals surface area contributed by atoms with E-state index in [1.807, 2.05) is 12.1 Å². The number of thioether (sulfide) groups is 1. The number of imide groups is 1. The lowest BCUT2D eigenvalue weighted by Crippen LogP contribution is -2.36. The number of amides is 3. The fourth-order valence-electron chi connectivity index (χ4n) is 3.86. The molecular weight excluding hydrogens is 494 g/mol. The van der Waals surface area contributed by atoms with Crippen LogP contribution in [0, 0.1) is 5.92 Å². The van der Waals surface area contributed by atoms with E-state index in [9.17, 15) is 14.4 Å². The van der Waals surface area contributed by atoms with Gasteiger partial charge < -0.3 is 24.4 Å². The van der Waals surface area contributed by atoms with Crippen LogP contribution >= 0.6 is 11.8 Å². The Morgan fingerprint density at radius 3 is 2.51 bits per heavy atom. The third kappa shape index (κ3) is 6.84. The molecule has 0 saturated carbocycles. The number of anilines is 2. The first-order valence-electron chi connectivity index (χ1n) is 12.1. The van der Waals surface area contributed by atoms with Crippen molar-refractivity contribution in [2.45, 2.75) is 13.8 Å². The second-order valence-electron chi connectivity index (χ2n) is 9.08. The van der Waals surface area contributed by atoms with Gasteiger partial charge in [0.15, 0.2) is 11.5 Å². The van der Waals surface area contributed by atoms with E-state index in [1.165, 1.54) is 0 Å². The highest BCUT2D eigenvalue weighted by Gasteiger charge is 2.36. The van der Waals surface area contributed by atoms with Gasteiger partial charge in [-0.25, -0.2) is 0 Å². The lowest BCUT2D eigenvalue weighted by atomic mass is 10.1. The molecule has 0 spiro atoms. The van der Waals surface area contributed by atoms with Gasteiger partial charge >= 0.3 is 0 Å². The van der Waals surface area contributed by atoms with Crippen LogP contribution in [-0.4, -0.2) is 68.5 Å². The maximum absolute atomic E-state index is 12.9. The quantitative estimate of drug-likeness (QED) is 0.486. The van der Waals surface area contributed by atoms with Crippen LogP contribution in [0.15, 0.2) is 47.4 Å². The summed E-state index contributed by atoms with van der Waals surface area (Å²) in [5.41, 5.74) is 2.33. The van der Waals surface area contributed by atoms with Crippen molar-refractivity contribution < 1.29 is 28.6 Å². The Labute approximate surface area is 220 Å². The summed E-state index contributed by atoms with van der Waals surface area (Å²) in [5.74, 6) is 0.550. The molecule has 10 heteroatoms. The zero-order chi connectivity index (χ0) is 26.4. The van der Waals surface area contributed by atoms with Gasteiger partial charge in [0, 0.05) is 24.5 Å². The summed E-state index contributed by atoms with van der Waals surface area (Å²) in [6.07, 6.45) is 1.61. The molecule has 0 bridgehead atoms. The van der Waals surface area contributed by atoms with Gasteiger partial charge in [-0.15, -0.1) is 0 Å². The molecular formula is C27H31N3O6S. The molecule has 0 radical (unpaired) electrons. The van der Waals surface area contributed by atoms with Gasteiger partial charge in [0.1, 0.15) is 6.54 Å². The molecule has 2 saturated heterocycles. The number of benzene rings is 2. The van der Waals surface area contributed by atoms with Gasteiger partial charge in [-0.3, -0.25) is 19.3 Å². The van der Waals surface area contributed by atoms with Crippen LogP contribution < -0.4 is 19.7 Å². The Morgan fingerprint density at radius 1 is 1.11 bits per heavy atom. The van der Waals surface area contributed by atoms with Crippen molar-refractivity contribution in [1.29, 1.82) is 0 Å². The van der Waals surface area contributed by atoms with Crippen molar-refractivity contribution in [2.75, 3.05) is 56.8 Å². The number of ether oxygens (including phenoxy) is 3. The highest BCUT2D eigenvalue weighted by molar-refractivity contribution is 8.18. The standard InChI is InChI=1S/C27H31N3O6S/c1-18(2)17-36-22-9-4-19(14-23(22)34-3)15-24-26(32)30(27(33)37-24)16-25(31)28-20-5-7-21(8-6-20)29-10-12-35-13-11-29/h4-9,14-15,18H,10-13,16-17H2,1-3H3,(H,28,31)/b24-15-. The number of nitrogens with one attached hydrogen (secondary N) is 1. The van der Waals surface area contributed by atoms with E-state index in [4.69, 9.17) is 14.2 Å². The van der Waals surface area contributed by atoms with Crippen LogP contribution in [0.25, 0.3) is 6.08 Å². The van der Waals surface area contributed by atoms with Gasteiger partial charge in [0.2, 0.25) is 5.91 Å². The van der Waals surface area contributed by atoms with Crippen LogP contribution in [0.4, 0.5) is 16.2 Å². The molecule has 196 valence electrons. The summed E-state index contributed by atoms with van der Waals surface area (Å²) in [6, 6.07) is 12.8. The van der Waals surface area contributed by atoms with Gasteiger partial charge in [-0.1, -0.05) is 19.9 Å². The van der Waals surface area contributed by atoms with Crippen molar-refractivity contribution in [3.05, 3.63) is 52.9 Å². The zero-order valence-corrected chi connectivity index (χ0v) is 22.0. The minimum Gasteiger partial charge on any atom is -0.493 e. The normalized spacial score (nSPS) is 17.0. The van der Waals surface area contributed by atoms with E-state index >= 15 is 0 Å². The number of hydrogen-bond donors (Lipinski definition) is 1. The topological polar surface area (TPSA) is 97.4 Å². The number of carbonyl (C=O) groups excluding carboxylic acids is 3. The van der Waals surface area contributed by atoms with Gasteiger partial charge in [0.25, 0.3) is 11.1 Å². The number of morpholine rings is 1. The van der Waals surface area contributed by atoms with E-state index in [0.29, 0.717) is 48.5 Å². The zero-order valence-electron chi connectivity index (χ0n) is 21.2. The van der Waals surface area contributed by atoms with Crippen LogP contribution in [0.5, 0.6) is 11.5 Å². The summed E-state index contributed by atoms with van der Waals surface area (Å²) in [5, 5.41) is 2.27. The number of nitrogens with zero attached hydrogens (tertiary/aromatic N) is 2. The number of methoxy groups -OCH3 is 1. The summed E-state index contributed by atoms with van der Waals surface area (Å²) in [7, 11) is 1.55. The molecule has 2 heterocycles. The monoisotopic (exact) mass is 525 g/mol. The largest absolute Gasteiger partial charge is 0.493 e. The van der Waals surface area contributed by atoms with Gasteiger partial charge in [-0.2, -0.15) is 0 Å². The Kier molecular flexibility index (Phi) is 8.73. The third-order valence-corrected chi connectivity index (χ3v) is 6.67. The molecule has 9 nitrogen and oxygen atoms in total. The smallest absolute Gasteiger partial charge is 0.294 e. The molecule has 37 heavy (non-hydrogen) atoms. The first-order chi connectivity index (χ1) is 17.8. The molecule has 0 aliphatic carbocycles. The van der Waals surface area contributed by atoms with E-state index in [1.54, 1.807) is 43.5 Å². The lowest BCUT2D eigenvalue weighted by molar-refractivity contribution is -0.127. The average molecular weight is 526 g/mol. The average Bonchev–Trinajstić information content (AvgIpc) is 3.15. The fourth-order valence-corrected chi connectivity index (χ4v) is 4.70.